The van der Waals surface area contributed by atoms with Gasteiger partial charge in [0.25, 0.3) is 5.91 Å². The molecule has 1 aliphatic rings. The second-order valence-corrected chi connectivity index (χ2v) is 7.48. The fraction of sp³-hybridized carbons (Fsp3) is 0.200. The van der Waals surface area contributed by atoms with Gasteiger partial charge in [-0.25, -0.2) is 4.79 Å². The van der Waals surface area contributed by atoms with Crippen molar-refractivity contribution in [1.82, 2.24) is 4.90 Å². The predicted octanol–water partition coefficient (Wildman–Crippen LogP) is 4.02. The van der Waals surface area contributed by atoms with Gasteiger partial charge in [-0.2, -0.15) is 0 Å². The third kappa shape index (κ3) is 4.75. The van der Waals surface area contributed by atoms with Crippen LogP contribution in [0.1, 0.15) is 28.3 Å². The molecule has 0 aromatic heterocycles. The van der Waals surface area contributed by atoms with Crippen LogP contribution >= 0.6 is 0 Å². The van der Waals surface area contributed by atoms with Gasteiger partial charge in [-0.3, -0.25) is 9.69 Å². The molecule has 0 spiro atoms. The summed E-state index contributed by atoms with van der Waals surface area (Å²) in [6.45, 7) is 0.949. The Kier molecular flexibility index (Phi) is 6.29. The van der Waals surface area contributed by atoms with Gasteiger partial charge in [-0.05, 0) is 40.8 Å². The predicted molar refractivity (Wildman–Crippen MR) is 119 cm³/mol. The lowest BCUT2D eigenvalue weighted by Gasteiger charge is -2.35. The highest BCUT2D eigenvalue weighted by Gasteiger charge is 2.36. The average molecular weight is 415 g/mol. The van der Waals surface area contributed by atoms with Crippen LogP contribution in [0.5, 0.6) is 0 Å². The molecule has 0 saturated heterocycles. The second kappa shape index (κ2) is 9.45. The van der Waals surface area contributed by atoms with E-state index in [4.69, 9.17) is 10.5 Å². The molecule has 0 aliphatic carbocycles. The van der Waals surface area contributed by atoms with Crippen molar-refractivity contribution in [2.24, 2.45) is 5.73 Å². The van der Waals surface area contributed by atoms with E-state index in [1.807, 2.05) is 78.9 Å². The minimum atomic E-state index is -0.769. The normalized spacial score (nSPS) is 15.1. The van der Waals surface area contributed by atoms with Crippen LogP contribution in [0, 0.1) is 0 Å². The third-order valence-corrected chi connectivity index (χ3v) is 5.40. The molecule has 1 aliphatic heterocycles. The number of rotatable bonds is 5. The van der Waals surface area contributed by atoms with E-state index in [2.05, 4.69) is 5.32 Å². The summed E-state index contributed by atoms with van der Waals surface area (Å²) in [4.78, 5) is 27.8. The van der Waals surface area contributed by atoms with Gasteiger partial charge in [0.15, 0.2) is 0 Å². The van der Waals surface area contributed by atoms with Crippen molar-refractivity contribution in [1.29, 1.82) is 0 Å². The number of anilines is 1. The van der Waals surface area contributed by atoms with Gasteiger partial charge in [0.1, 0.15) is 12.6 Å². The number of carbonyl (C=O) groups excluding carboxylic acids is 2. The summed E-state index contributed by atoms with van der Waals surface area (Å²) in [5.74, 6) is -0.280. The van der Waals surface area contributed by atoms with E-state index in [-0.39, 0.29) is 12.5 Å². The number of nitrogens with two attached hydrogens (primary N) is 1. The quantitative estimate of drug-likeness (QED) is 0.659. The first-order valence-electron chi connectivity index (χ1n) is 10.3. The van der Waals surface area contributed by atoms with Crippen LogP contribution in [0.15, 0.2) is 78.9 Å². The van der Waals surface area contributed by atoms with Gasteiger partial charge in [0.05, 0.1) is 0 Å². The third-order valence-electron chi connectivity index (χ3n) is 5.40. The fourth-order valence-electron chi connectivity index (χ4n) is 3.83. The first kappa shape index (κ1) is 20.6. The van der Waals surface area contributed by atoms with Crippen LogP contribution in [0.25, 0.3) is 0 Å². The molecule has 0 radical (unpaired) electrons. The molecule has 6 nitrogen and oxygen atoms in total. The molecule has 31 heavy (non-hydrogen) atoms. The molecule has 1 heterocycles. The van der Waals surface area contributed by atoms with Crippen molar-refractivity contribution in [2.75, 3.05) is 11.9 Å². The highest BCUT2D eigenvalue weighted by Crippen LogP contribution is 2.31. The molecular formula is C25H25N3O3. The number of fused-ring (bicyclic) bond motifs is 1. The number of hydrogen-bond acceptors (Lipinski definition) is 4. The number of hydrogen-bond donors (Lipinski definition) is 2. The Bertz CT molecular complexity index is 1070. The van der Waals surface area contributed by atoms with Gasteiger partial charge in [-0.15, -0.1) is 0 Å². The molecular weight excluding hydrogens is 390 g/mol. The molecule has 3 aromatic rings. The Morgan fingerprint density at radius 2 is 1.71 bits per heavy atom. The molecule has 6 heteroatoms. The van der Waals surface area contributed by atoms with Gasteiger partial charge < -0.3 is 15.8 Å². The van der Waals surface area contributed by atoms with Crippen molar-refractivity contribution < 1.29 is 14.3 Å². The molecule has 3 N–H and O–H groups in total. The zero-order valence-corrected chi connectivity index (χ0v) is 17.2. The number of ether oxygens (including phenoxy) is 1. The van der Waals surface area contributed by atoms with Crippen LogP contribution in [-0.4, -0.2) is 23.4 Å². The highest BCUT2D eigenvalue weighted by molar-refractivity contribution is 5.97. The van der Waals surface area contributed by atoms with E-state index >= 15 is 0 Å². The lowest BCUT2D eigenvalue weighted by Crippen LogP contribution is -2.45. The maximum Gasteiger partial charge on any atom is 0.411 e. The first-order chi connectivity index (χ1) is 15.2. The van der Waals surface area contributed by atoms with E-state index in [0.29, 0.717) is 25.2 Å². The van der Waals surface area contributed by atoms with Crippen molar-refractivity contribution in [2.45, 2.75) is 25.6 Å². The second-order valence-electron chi connectivity index (χ2n) is 7.48. The monoisotopic (exact) mass is 415 g/mol. The topological polar surface area (TPSA) is 84.7 Å². The molecule has 158 valence electrons. The van der Waals surface area contributed by atoms with E-state index in [0.717, 1.165) is 22.3 Å². The Morgan fingerprint density at radius 1 is 0.968 bits per heavy atom. The van der Waals surface area contributed by atoms with Gasteiger partial charge in [0.2, 0.25) is 0 Å². The van der Waals surface area contributed by atoms with E-state index < -0.39 is 12.1 Å². The summed E-state index contributed by atoms with van der Waals surface area (Å²) in [6.07, 6.45) is 0.164. The maximum atomic E-state index is 13.3. The Hall–Kier alpha value is -3.64. The molecule has 0 saturated carbocycles. The fourth-order valence-corrected chi connectivity index (χ4v) is 3.83. The Balaban J connectivity index is 1.56. The average Bonchev–Trinajstić information content (AvgIpc) is 2.82. The zero-order valence-electron chi connectivity index (χ0n) is 17.2. The van der Waals surface area contributed by atoms with Crippen molar-refractivity contribution >= 4 is 17.7 Å². The molecule has 3 aromatic carbocycles. The molecule has 0 bridgehead atoms. The largest absolute Gasteiger partial charge is 0.445 e. The van der Waals surface area contributed by atoms with Crippen molar-refractivity contribution in [3.8, 4) is 0 Å². The van der Waals surface area contributed by atoms with Crippen LogP contribution in [-0.2, 0) is 29.1 Å². The minimum Gasteiger partial charge on any atom is -0.445 e. The first-order valence-corrected chi connectivity index (χ1v) is 10.3. The van der Waals surface area contributed by atoms with Gasteiger partial charge >= 0.3 is 6.09 Å². The standard InChI is InChI=1S/C25H25N3O3/c26-16-19-9-6-11-21(15-19)27-24(29)23-22-12-5-4-10-20(22)13-14-28(23)25(30)31-17-18-7-2-1-3-8-18/h1-12,15,23H,13-14,16-17,26H2,(H,27,29)/t23-/m1/s1. The number of nitrogens with zero attached hydrogens (tertiary/aromatic N) is 1. The number of benzene rings is 3. The van der Waals surface area contributed by atoms with Crippen molar-refractivity contribution in [3.63, 3.8) is 0 Å². The summed E-state index contributed by atoms with van der Waals surface area (Å²) in [5.41, 5.74) is 10.1. The van der Waals surface area contributed by atoms with E-state index in [1.165, 1.54) is 4.90 Å². The lowest BCUT2D eigenvalue weighted by molar-refractivity contribution is -0.121. The molecule has 4 rings (SSSR count). The number of nitrogens with one attached hydrogen (secondary N) is 1. The smallest absolute Gasteiger partial charge is 0.411 e. The summed E-state index contributed by atoms with van der Waals surface area (Å²) in [7, 11) is 0. The zero-order chi connectivity index (χ0) is 21.6. The van der Waals surface area contributed by atoms with Crippen LogP contribution in [0.2, 0.25) is 0 Å². The van der Waals surface area contributed by atoms with Crippen LogP contribution in [0.3, 0.4) is 0 Å². The Morgan fingerprint density at radius 3 is 2.52 bits per heavy atom. The summed E-state index contributed by atoms with van der Waals surface area (Å²) in [6, 6.07) is 23.8. The minimum absolute atomic E-state index is 0.157. The Labute approximate surface area is 181 Å². The summed E-state index contributed by atoms with van der Waals surface area (Å²) in [5, 5.41) is 2.94. The van der Waals surface area contributed by atoms with Crippen molar-refractivity contribution in [3.05, 3.63) is 101 Å². The number of carbonyl (C=O) groups is 2. The molecule has 0 unspecified atom stereocenters. The molecule has 1 atom stereocenters. The van der Waals surface area contributed by atoms with E-state index in [9.17, 15) is 9.59 Å². The molecule has 2 amide bonds. The maximum absolute atomic E-state index is 13.3. The lowest BCUT2D eigenvalue weighted by atomic mass is 9.92. The summed E-state index contributed by atoms with van der Waals surface area (Å²) >= 11 is 0. The van der Waals surface area contributed by atoms with Gasteiger partial charge in [-0.1, -0.05) is 66.7 Å². The highest BCUT2D eigenvalue weighted by atomic mass is 16.6. The number of amides is 2. The summed E-state index contributed by atoms with van der Waals surface area (Å²) < 4.78 is 5.54. The van der Waals surface area contributed by atoms with Gasteiger partial charge in [0, 0.05) is 18.8 Å². The van der Waals surface area contributed by atoms with E-state index in [1.54, 1.807) is 0 Å². The van der Waals surface area contributed by atoms with Crippen LogP contribution in [0.4, 0.5) is 10.5 Å². The molecule has 0 fully saturated rings. The SMILES string of the molecule is NCc1cccc(NC(=O)[C@H]2c3ccccc3CCN2C(=O)OCc2ccccc2)c1. The van der Waals surface area contributed by atoms with Crippen LogP contribution < -0.4 is 11.1 Å².